The molecule has 3 rings (SSSR count). The zero-order chi connectivity index (χ0) is 21.7. The van der Waals surface area contributed by atoms with Crippen LogP contribution in [0.1, 0.15) is 25.5 Å². The first-order valence-corrected chi connectivity index (χ1v) is 10.5. The van der Waals surface area contributed by atoms with Crippen LogP contribution in [0.2, 0.25) is 0 Å². The van der Waals surface area contributed by atoms with Crippen molar-refractivity contribution in [3.63, 3.8) is 0 Å². The molecule has 30 heavy (non-hydrogen) atoms. The van der Waals surface area contributed by atoms with Gasteiger partial charge < -0.3 is 15.5 Å². The zero-order valence-corrected chi connectivity index (χ0v) is 17.9. The second-order valence-corrected chi connectivity index (χ2v) is 7.60. The highest BCUT2D eigenvalue weighted by molar-refractivity contribution is 7.99. The number of hydrogen-bond acceptors (Lipinski definition) is 6. The summed E-state index contributed by atoms with van der Waals surface area (Å²) in [4.78, 5) is 14.2. The van der Waals surface area contributed by atoms with Gasteiger partial charge in [0.1, 0.15) is 11.6 Å². The van der Waals surface area contributed by atoms with Crippen LogP contribution in [0, 0.1) is 5.82 Å². The molecule has 0 aliphatic carbocycles. The van der Waals surface area contributed by atoms with E-state index in [-0.39, 0.29) is 23.5 Å². The van der Waals surface area contributed by atoms with Gasteiger partial charge >= 0.3 is 0 Å². The van der Waals surface area contributed by atoms with Gasteiger partial charge in [0.25, 0.3) is 0 Å². The number of nitrogens with zero attached hydrogens (tertiary/aromatic N) is 4. The van der Waals surface area contributed by atoms with Gasteiger partial charge in [-0.15, -0.1) is 10.2 Å². The summed E-state index contributed by atoms with van der Waals surface area (Å²) in [6.07, 6.45) is 0. The number of benzene rings is 2. The van der Waals surface area contributed by atoms with E-state index in [0.717, 1.165) is 16.9 Å². The van der Waals surface area contributed by atoms with Crippen LogP contribution >= 0.6 is 11.8 Å². The van der Waals surface area contributed by atoms with Crippen molar-refractivity contribution in [3.05, 3.63) is 59.9 Å². The molecule has 0 aliphatic heterocycles. The van der Waals surface area contributed by atoms with Crippen LogP contribution in [0.4, 0.5) is 4.39 Å². The number of nitrogen functional groups attached to an aromatic ring is 1. The molecule has 1 atom stereocenters. The molecule has 7 nitrogen and oxygen atoms in total. The van der Waals surface area contributed by atoms with Gasteiger partial charge in [0, 0.05) is 12.6 Å². The molecule has 9 heteroatoms. The molecule has 2 N–H and O–H groups in total. The van der Waals surface area contributed by atoms with Crippen LogP contribution in [0.15, 0.2) is 53.7 Å². The predicted molar refractivity (Wildman–Crippen MR) is 115 cm³/mol. The lowest BCUT2D eigenvalue weighted by Gasteiger charge is -2.25. The minimum atomic E-state index is -0.305. The lowest BCUT2D eigenvalue weighted by Crippen LogP contribution is -2.31. The Bertz CT molecular complexity index is 992. The number of hydrogen-bond donors (Lipinski definition) is 1. The van der Waals surface area contributed by atoms with Crippen molar-refractivity contribution < 1.29 is 13.9 Å². The maximum atomic E-state index is 13.1. The van der Waals surface area contributed by atoms with Crippen molar-refractivity contribution in [3.8, 4) is 17.1 Å². The molecule has 1 heterocycles. The number of halogens is 1. The van der Waals surface area contributed by atoms with E-state index in [1.54, 1.807) is 24.1 Å². The minimum absolute atomic E-state index is 0.0950. The van der Waals surface area contributed by atoms with E-state index in [1.165, 1.54) is 28.6 Å². The van der Waals surface area contributed by atoms with Gasteiger partial charge in [-0.25, -0.2) is 9.07 Å². The summed E-state index contributed by atoms with van der Waals surface area (Å²) in [5, 5.41) is 8.68. The van der Waals surface area contributed by atoms with Gasteiger partial charge in [-0.05, 0) is 55.8 Å². The van der Waals surface area contributed by atoms with Crippen LogP contribution in [-0.4, -0.2) is 45.1 Å². The molecular formula is C21H24FN5O2S. The third-order valence-electron chi connectivity index (χ3n) is 4.74. The van der Waals surface area contributed by atoms with Gasteiger partial charge in [0.15, 0.2) is 5.82 Å². The van der Waals surface area contributed by atoms with E-state index >= 15 is 0 Å². The predicted octanol–water partition coefficient (Wildman–Crippen LogP) is 3.51. The zero-order valence-electron chi connectivity index (χ0n) is 17.1. The first-order chi connectivity index (χ1) is 14.4. The molecular weight excluding hydrogens is 405 g/mol. The smallest absolute Gasteiger partial charge is 0.233 e. The minimum Gasteiger partial charge on any atom is -0.494 e. The summed E-state index contributed by atoms with van der Waals surface area (Å²) in [7, 11) is 1.72. The van der Waals surface area contributed by atoms with Gasteiger partial charge in [0.2, 0.25) is 11.1 Å². The molecule has 0 bridgehead atoms. The lowest BCUT2D eigenvalue weighted by molar-refractivity contribution is -0.128. The Morgan fingerprint density at radius 2 is 1.87 bits per heavy atom. The Hall–Kier alpha value is -3.07. The number of amides is 1. The molecule has 0 spiro atoms. The van der Waals surface area contributed by atoms with Crippen molar-refractivity contribution in [2.45, 2.75) is 25.0 Å². The average molecular weight is 430 g/mol. The maximum Gasteiger partial charge on any atom is 0.233 e. The molecule has 2 aromatic carbocycles. The number of nitrogens with two attached hydrogens (primary N) is 1. The molecule has 3 aromatic rings. The highest BCUT2D eigenvalue weighted by atomic mass is 32.2. The Kier molecular flexibility index (Phi) is 6.94. The van der Waals surface area contributed by atoms with Gasteiger partial charge in [0.05, 0.1) is 18.4 Å². The highest BCUT2D eigenvalue weighted by Gasteiger charge is 2.20. The fourth-order valence-corrected chi connectivity index (χ4v) is 3.63. The number of aromatic nitrogens is 3. The fourth-order valence-electron chi connectivity index (χ4n) is 2.85. The topological polar surface area (TPSA) is 86.3 Å². The third-order valence-corrected chi connectivity index (χ3v) is 5.67. The van der Waals surface area contributed by atoms with E-state index in [1.807, 2.05) is 38.1 Å². The molecule has 0 radical (unpaired) electrons. The van der Waals surface area contributed by atoms with Crippen molar-refractivity contribution in [2.24, 2.45) is 0 Å². The van der Waals surface area contributed by atoms with Crippen LogP contribution in [0.25, 0.3) is 11.4 Å². The van der Waals surface area contributed by atoms with E-state index in [0.29, 0.717) is 17.6 Å². The second-order valence-electron chi connectivity index (χ2n) is 6.65. The molecule has 158 valence electrons. The number of carbonyl (C=O) groups excluding carboxylic acids is 1. The third kappa shape index (κ3) is 4.91. The van der Waals surface area contributed by atoms with Crippen LogP contribution in [-0.2, 0) is 4.79 Å². The quantitative estimate of drug-likeness (QED) is 0.436. The summed E-state index contributed by atoms with van der Waals surface area (Å²) in [5.74, 6) is 7.16. The Balaban J connectivity index is 1.63. The number of carbonyl (C=O) groups is 1. The van der Waals surface area contributed by atoms with Crippen molar-refractivity contribution in [1.29, 1.82) is 0 Å². The maximum absolute atomic E-state index is 13.1. The van der Waals surface area contributed by atoms with E-state index in [9.17, 15) is 9.18 Å². The Morgan fingerprint density at radius 3 is 2.50 bits per heavy atom. The van der Waals surface area contributed by atoms with E-state index in [2.05, 4.69) is 10.2 Å². The molecule has 0 saturated heterocycles. The monoisotopic (exact) mass is 429 g/mol. The molecule has 1 aromatic heterocycles. The Labute approximate surface area is 179 Å². The van der Waals surface area contributed by atoms with Gasteiger partial charge in [-0.1, -0.05) is 23.9 Å². The van der Waals surface area contributed by atoms with Gasteiger partial charge in [-0.2, -0.15) is 0 Å². The standard InChI is InChI=1S/C21H24FN5O2S/c1-4-29-18-11-7-16(8-12-18)20-24-25-21(27(20)23)30-13-19(28)26(3)14(2)15-5-9-17(22)10-6-15/h5-12,14H,4,13,23H2,1-3H3. The van der Waals surface area contributed by atoms with Crippen molar-refractivity contribution >= 4 is 17.7 Å². The number of rotatable bonds is 8. The Morgan fingerprint density at radius 1 is 1.20 bits per heavy atom. The summed E-state index contributed by atoms with van der Waals surface area (Å²) in [6.45, 7) is 4.41. The second kappa shape index (κ2) is 9.62. The number of ether oxygens (including phenoxy) is 1. The van der Waals surface area contributed by atoms with Crippen LogP contribution < -0.4 is 10.6 Å². The van der Waals surface area contributed by atoms with E-state index in [4.69, 9.17) is 10.6 Å². The largest absolute Gasteiger partial charge is 0.494 e. The van der Waals surface area contributed by atoms with Crippen LogP contribution in [0.3, 0.4) is 0 Å². The summed E-state index contributed by atoms with van der Waals surface area (Å²) in [5.41, 5.74) is 1.66. The number of thioether (sulfide) groups is 1. The molecule has 0 aliphatic rings. The average Bonchev–Trinajstić information content (AvgIpc) is 3.12. The van der Waals surface area contributed by atoms with E-state index < -0.39 is 0 Å². The van der Waals surface area contributed by atoms with Crippen molar-refractivity contribution in [2.75, 3.05) is 25.3 Å². The highest BCUT2D eigenvalue weighted by Crippen LogP contribution is 2.25. The summed E-state index contributed by atoms with van der Waals surface area (Å²) < 4.78 is 19.9. The molecule has 1 amide bonds. The lowest BCUT2D eigenvalue weighted by atomic mass is 10.1. The van der Waals surface area contributed by atoms with Crippen molar-refractivity contribution in [1.82, 2.24) is 19.8 Å². The first-order valence-electron chi connectivity index (χ1n) is 9.48. The van der Waals surface area contributed by atoms with Crippen LogP contribution in [0.5, 0.6) is 5.75 Å². The summed E-state index contributed by atoms with van der Waals surface area (Å²) in [6, 6.07) is 13.3. The SMILES string of the molecule is CCOc1ccc(-c2nnc(SCC(=O)N(C)C(C)c3ccc(F)cc3)n2N)cc1. The fraction of sp³-hybridized carbons (Fsp3) is 0.286. The summed E-state index contributed by atoms with van der Waals surface area (Å²) >= 11 is 1.21. The molecule has 0 fully saturated rings. The molecule has 1 unspecified atom stereocenters. The molecule has 0 saturated carbocycles. The first kappa shape index (κ1) is 21.6. The normalized spacial score (nSPS) is 11.9. The van der Waals surface area contributed by atoms with Gasteiger partial charge in [-0.3, -0.25) is 4.79 Å².